The van der Waals surface area contributed by atoms with Gasteiger partial charge in [-0.15, -0.1) is 0 Å². The van der Waals surface area contributed by atoms with Gasteiger partial charge in [0.05, 0.1) is 5.54 Å². The number of carbonyl (C=O) groups is 2. The maximum Gasteiger partial charge on any atom is 0.272 e. The van der Waals surface area contributed by atoms with Crippen LogP contribution in [0.15, 0.2) is 48.5 Å². The number of hydrogen-bond acceptors (Lipinski definition) is 2. The summed E-state index contributed by atoms with van der Waals surface area (Å²) in [5.41, 5.74) is 2.93. The predicted octanol–water partition coefficient (Wildman–Crippen LogP) is 6.60. The lowest BCUT2D eigenvalue weighted by Crippen LogP contribution is -2.58. The van der Waals surface area contributed by atoms with E-state index in [1.807, 2.05) is 76.2 Å². The van der Waals surface area contributed by atoms with Crippen LogP contribution in [-0.4, -0.2) is 33.9 Å². The molecule has 0 spiro atoms. The Morgan fingerprint density at radius 3 is 1.25 bits per heavy atom. The Bertz CT molecular complexity index is 937. The highest BCUT2D eigenvalue weighted by molar-refractivity contribution is 5.99. The standard InChI is InChI=1S/C28H40N2O2/c1-11-29(24(31)20-12-16-22(17-13-20)26(2,3)4)30(28(8,9)10)25(32)21-14-18-23(19-15-21)27(5,6)7/h12-19H,11H2,1-10H3. The fraction of sp³-hybridized carbons (Fsp3) is 0.500. The van der Waals surface area contributed by atoms with Gasteiger partial charge in [-0.1, -0.05) is 65.8 Å². The van der Waals surface area contributed by atoms with Crippen molar-refractivity contribution in [3.8, 4) is 0 Å². The van der Waals surface area contributed by atoms with Crippen molar-refractivity contribution in [3.05, 3.63) is 70.8 Å². The van der Waals surface area contributed by atoms with Crippen molar-refractivity contribution in [1.82, 2.24) is 10.0 Å². The number of carbonyl (C=O) groups excluding carboxylic acids is 2. The molecule has 0 aliphatic heterocycles. The van der Waals surface area contributed by atoms with Gasteiger partial charge >= 0.3 is 0 Å². The molecular formula is C28H40N2O2. The van der Waals surface area contributed by atoms with Crippen molar-refractivity contribution in [2.45, 2.75) is 85.6 Å². The first-order chi connectivity index (χ1) is 14.6. The molecule has 0 atom stereocenters. The molecule has 0 fully saturated rings. The van der Waals surface area contributed by atoms with E-state index in [4.69, 9.17) is 0 Å². The third-order valence-corrected chi connectivity index (χ3v) is 5.60. The Labute approximate surface area is 194 Å². The molecule has 0 saturated heterocycles. The average molecular weight is 437 g/mol. The van der Waals surface area contributed by atoms with Gasteiger partial charge in [0.1, 0.15) is 0 Å². The first-order valence-electron chi connectivity index (χ1n) is 11.4. The van der Waals surface area contributed by atoms with Crippen LogP contribution in [0.1, 0.15) is 101 Å². The van der Waals surface area contributed by atoms with Crippen molar-refractivity contribution in [1.29, 1.82) is 0 Å². The Hall–Kier alpha value is -2.62. The van der Waals surface area contributed by atoms with Gasteiger partial charge in [-0.05, 0) is 73.9 Å². The van der Waals surface area contributed by atoms with Crippen LogP contribution in [0.5, 0.6) is 0 Å². The zero-order valence-corrected chi connectivity index (χ0v) is 21.5. The van der Waals surface area contributed by atoms with Crippen LogP contribution in [-0.2, 0) is 10.8 Å². The second-order valence-electron chi connectivity index (χ2n) is 11.5. The van der Waals surface area contributed by atoms with Gasteiger partial charge in [0.25, 0.3) is 11.8 Å². The molecule has 0 N–H and O–H groups in total. The Balaban J connectivity index is 2.41. The third-order valence-electron chi connectivity index (χ3n) is 5.60. The molecule has 2 aromatic carbocycles. The molecule has 0 aliphatic rings. The lowest BCUT2D eigenvalue weighted by Gasteiger charge is -2.43. The van der Waals surface area contributed by atoms with Crippen molar-refractivity contribution in [3.63, 3.8) is 0 Å². The molecule has 0 aliphatic carbocycles. The van der Waals surface area contributed by atoms with E-state index in [9.17, 15) is 9.59 Å². The Morgan fingerprint density at radius 1 is 0.625 bits per heavy atom. The lowest BCUT2D eigenvalue weighted by molar-refractivity contribution is -0.0410. The summed E-state index contributed by atoms with van der Waals surface area (Å²) in [5, 5.41) is 3.16. The molecule has 4 nitrogen and oxygen atoms in total. The van der Waals surface area contributed by atoms with Crippen molar-refractivity contribution >= 4 is 11.8 Å². The summed E-state index contributed by atoms with van der Waals surface area (Å²) >= 11 is 0. The van der Waals surface area contributed by atoms with Gasteiger partial charge in [0.15, 0.2) is 0 Å². The largest absolute Gasteiger partial charge is 0.272 e. The van der Waals surface area contributed by atoms with Crippen LogP contribution in [0.4, 0.5) is 0 Å². The van der Waals surface area contributed by atoms with Crippen molar-refractivity contribution in [2.75, 3.05) is 6.54 Å². The molecule has 2 rings (SSSR count). The Morgan fingerprint density at radius 2 is 0.969 bits per heavy atom. The van der Waals surface area contributed by atoms with Gasteiger partial charge < -0.3 is 0 Å². The Kier molecular flexibility index (Phi) is 7.28. The monoisotopic (exact) mass is 436 g/mol. The minimum atomic E-state index is -0.573. The molecule has 0 aromatic heterocycles. The quantitative estimate of drug-likeness (QED) is 0.509. The van der Waals surface area contributed by atoms with Gasteiger partial charge in [-0.3, -0.25) is 9.59 Å². The highest BCUT2D eigenvalue weighted by atomic mass is 16.2. The summed E-state index contributed by atoms with van der Waals surface area (Å²) in [6.45, 7) is 21.0. The van der Waals surface area contributed by atoms with E-state index < -0.39 is 5.54 Å². The predicted molar refractivity (Wildman–Crippen MR) is 133 cm³/mol. The molecule has 174 valence electrons. The number of benzene rings is 2. The highest BCUT2D eigenvalue weighted by Gasteiger charge is 2.35. The molecule has 32 heavy (non-hydrogen) atoms. The van der Waals surface area contributed by atoms with E-state index in [0.717, 1.165) is 0 Å². The molecular weight excluding hydrogens is 396 g/mol. The van der Waals surface area contributed by atoms with E-state index in [-0.39, 0.29) is 22.6 Å². The average Bonchev–Trinajstić information content (AvgIpc) is 2.69. The van der Waals surface area contributed by atoms with Crippen LogP contribution in [0.2, 0.25) is 0 Å². The highest BCUT2D eigenvalue weighted by Crippen LogP contribution is 2.27. The van der Waals surface area contributed by atoms with Crippen LogP contribution in [0, 0.1) is 0 Å². The number of hydrogen-bond donors (Lipinski definition) is 0. The van der Waals surface area contributed by atoms with E-state index in [1.165, 1.54) is 11.1 Å². The summed E-state index contributed by atoms with van der Waals surface area (Å²) in [7, 11) is 0. The van der Waals surface area contributed by atoms with E-state index in [0.29, 0.717) is 17.7 Å². The number of amides is 2. The second kappa shape index (κ2) is 9.09. The first-order valence-corrected chi connectivity index (χ1v) is 11.4. The zero-order chi connectivity index (χ0) is 24.5. The number of rotatable bonds is 3. The van der Waals surface area contributed by atoms with Crippen LogP contribution in [0.3, 0.4) is 0 Å². The number of hydrazine groups is 1. The molecule has 0 unspecified atom stereocenters. The lowest BCUT2D eigenvalue weighted by atomic mass is 9.86. The molecule has 0 saturated carbocycles. The van der Waals surface area contributed by atoms with E-state index in [1.54, 1.807) is 10.0 Å². The maximum absolute atomic E-state index is 13.6. The van der Waals surface area contributed by atoms with Crippen LogP contribution >= 0.6 is 0 Å². The van der Waals surface area contributed by atoms with Crippen LogP contribution in [0.25, 0.3) is 0 Å². The maximum atomic E-state index is 13.6. The SMILES string of the molecule is CCN(C(=O)c1ccc(C(C)(C)C)cc1)N(C(=O)c1ccc(C(C)(C)C)cc1)C(C)(C)C. The van der Waals surface area contributed by atoms with Crippen molar-refractivity contribution in [2.24, 2.45) is 0 Å². The van der Waals surface area contributed by atoms with Crippen molar-refractivity contribution < 1.29 is 9.59 Å². The van der Waals surface area contributed by atoms with Gasteiger partial charge in [0, 0.05) is 17.7 Å². The van der Waals surface area contributed by atoms with Gasteiger partial charge in [0.2, 0.25) is 0 Å². The van der Waals surface area contributed by atoms with E-state index >= 15 is 0 Å². The van der Waals surface area contributed by atoms with Gasteiger partial charge in [-0.2, -0.15) is 0 Å². The third kappa shape index (κ3) is 5.79. The first kappa shape index (κ1) is 25.6. The smallest absolute Gasteiger partial charge is 0.267 e. The minimum absolute atomic E-state index is 0.00985. The molecule has 0 heterocycles. The van der Waals surface area contributed by atoms with Gasteiger partial charge in [-0.25, -0.2) is 10.0 Å². The minimum Gasteiger partial charge on any atom is -0.267 e. The second-order valence-corrected chi connectivity index (χ2v) is 11.5. The molecule has 2 amide bonds. The normalized spacial score (nSPS) is 12.4. The molecule has 0 radical (unpaired) electrons. The summed E-state index contributed by atoms with van der Waals surface area (Å²) in [6, 6.07) is 15.4. The van der Waals surface area contributed by atoms with E-state index in [2.05, 4.69) is 41.5 Å². The fourth-order valence-electron chi connectivity index (χ4n) is 3.65. The summed E-state index contributed by atoms with van der Waals surface area (Å²) in [4.78, 5) is 27.1. The summed E-state index contributed by atoms with van der Waals surface area (Å²) in [6.07, 6.45) is 0. The summed E-state index contributed by atoms with van der Waals surface area (Å²) < 4.78 is 0. The number of nitrogens with zero attached hydrogens (tertiary/aromatic N) is 2. The van der Waals surface area contributed by atoms with Crippen LogP contribution < -0.4 is 0 Å². The summed E-state index contributed by atoms with van der Waals surface area (Å²) in [5.74, 6) is -0.359. The topological polar surface area (TPSA) is 40.6 Å². The molecule has 4 heteroatoms. The molecule has 0 bridgehead atoms. The molecule has 2 aromatic rings. The zero-order valence-electron chi connectivity index (χ0n) is 21.5. The fourth-order valence-corrected chi connectivity index (χ4v) is 3.65.